The Morgan fingerprint density at radius 2 is 1.79 bits per heavy atom. The zero-order chi connectivity index (χ0) is 14.3. The van der Waals surface area contributed by atoms with Gasteiger partial charge in [0, 0.05) is 11.7 Å². The highest BCUT2D eigenvalue weighted by Gasteiger charge is 2.19. The quantitative estimate of drug-likeness (QED) is 0.798. The van der Waals surface area contributed by atoms with Crippen LogP contribution in [0.2, 0.25) is 0 Å². The summed E-state index contributed by atoms with van der Waals surface area (Å²) in [6.07, 6.45) is 1.44. The molecule has 1 N–H and O–H groups in total. The Balaban J connectivity index is 2.54. The molecule has 0 heterocycles. The number of aliphatic hydroxyl groups excluding tert-OH is 1. The van der Waals surface area contributed by atoms with Crippen LogP contribution in [-0.2, 0) is 9.84 Å². The molecule has 108 valence electrons. The van der Waals surface area contributed by atoms with E-state index in [1.165, 1.54) is 0 Å². The molecule has 0 aliphatic rings. The van der Waals surface area contributed by atoms with Gasteiger partial charge in [-0.1, -0.05) is 44.2 Å². The number of hydrogen-bond acceptors (Lipinski definition) is 3. The Morgan fingerprint density at radius 1 is 1.16 bits per heavy atom. The van der Waals surface area contributed by atoms with Gasteiger partial charge in [-0.15, -0.1) is 0 Å². The molecule has 19 heavy (non-hydrogen) atoms. The summed E-state index contributed by atoms with van der Waals surface area (Å²) in [7, 11) is -2.92. The number of rotatable bonds is 8. The van der Waals surface area contributed by atoms with E-state index >= 15 is 0 Å². The average molecular weight is 284 g/mol. The second kappa shape index (κ2) is 7.65. The molecule has 1 aromatic carbocycles. The molecule has 0 amide bonds. The fourth-order valence-electron chi connectivity index (χ4n) is 2.29. The lowest BCUT2D eigenvalue weighted by Gasteiger charge is -2.22. The van der Waals surface area contributed by atoms with E-state index in [9.17, 15) is 13.5 Å². The lowest BCUT2D eigenvalue weighted by molar-refractivity contribution is 0.130. The molecule has 0 fully saturated rings. The van der Waals surface area contributed by atoms with E-state index in [1.54, 1.807) is 6.92 Å². The van der Waals surface area contributed by atoms with Gasteiger partial charge in [0.1, 0.15) is 9.84 Å². The zero-order valence-corrected chi connectivity index (χ0v) is 12.6. The van der Waals surface area contributed by atoms with E-state index in [2.05, 4.69) is 0 Å². The SMILES string of the molecule is CCC(c1ccccc1)C(O)CCCS(=O)(=O)CC. The molecule has 0 saturated heterocycles. The molecule has 0 aromatic heterocycles. The summed E-state index contributed by atoms with van der Waals surface area (Å²) in [5.41, 5.74) is 1.12. The molecule has 2 atom stereocenters. The van der Waals surface area contributed by atoms with E-state index in [4.69, 9.17) is 0 Å². The largest absolute Gasteiger partial charge is 0.392 e. The van der Waals surface area contributed by atoms with Crippen molar-refractivity contribution >= 4 is 9.84 Å². The fraction of sp³-hybridized carbons (Fsp3) is 0.600. The van der Waals surface area contributed by atoms with Crippen molar-refractivity contribution in [1.29, 1.82) is 0 Å². The molecular weight excluding hydrogens is 260 g/mol. The Labute approximate surface area is 116 Å². The summed E-state index contributed by atoms with van der Waals surface area (Å²) in [6.45, 7) is 3.70. The van der Waals surface area contributed by atoms with E-state index < -0.39 is 15.9 Å². The Hall–Kier alpha value is -0.870. The summed E-state index contributed by atoms with van der Waals surface area (Å²) in [5.74, 6) is 0.440. The van der Waals surface area contributed by atoms with Crippen molar-refractivity contribution in [3.05, 3.63) is 35.9 Å². The molecule has 2 unspecified atom stereocenters. The first kappa shape index (κ1) is 16.2. The summed E-state index contributed by atoms with van der Waals surface area (Å²) >= 11 is 0. The lowest BCUT2D eigenvalue weighted by atomic mass is 9.89. The van der Waals surface area contributed by atoms with Gasteiger partial charge in [-0.05, 0) is 24.8 Å². The molecular formula is C15H24O3S. The van der Waals surface area contributed by atoms with Gasteiger partial charge in [-0.3, -0.25) is 0 Å². The topological polar surface area (TPSA) is 54.4 Å². The normalized spacial score (nSPS) is 15.1. The maximum absolute atomic E-state index is 11.4. The lowest BCUT2D eigenvalue weighted by Crippen LogP contribution is -2.19. The minimum Gasteiger partial charge on any atom is -0.392 e. The van der Waals surface area contributed by atoms with E-state index in [0.29, 0.717) is 12.8 Å². The Morgan fingerprint density at radius 3 is 2.32 bits per heavy atom. The van der Waals surface area contributed by atoms with Crippen molar-refractivity contribution in [2.75, 3.05) is 11.5 Å². The van der Waals surface area contributed by atoms with Crippen molar-refractivity contribution in [3.8, 4) is 0 Å². The molecule has 4 heteroatoms. The molecule has 0 saturated carbocycles. The average Bonchev–Trinajstić information content (AvgIpc) is 2.40. The van der Waals surface area contributed by atoms with Gasteiger partial charge in [0.2, 0.25) is 0 Å². The smallest absolute Gasteiger partial charge is 0.150 e. The van der Waals surface area contributed by atoms with Crippen molar-refractivity contribution in [2.24, 2.45) is 0 Å². The molecule has 0 spiro atoms. The molecule has 0 aliphatic carbocycles. The van der Waals surface area contributed by atoms with Gasteiger partial charge < -0.3 is 5.11 Å². The van der Waals surface area contributed by atoms with Gasteiger partial charge in [-0.2, -0.15) is 0 Å². The first-order chi connectivity index (χ1) is 9.00. The molecule has 3 nitrogen and oxygen atoms in total. The van der Waals surface area contributed by atoms with Crippen LogP contribution in [-0.4, -0.2) is 31.1 Å². The van der Waals surface area contributed by atoms with E-state index in [-0.39, 0.29) is 17.4 Å². The van der Waals surface area contributed by atoms with Crippen molar-refractivity contribution < 1.29 is 13.5 Å². The first-order valence-corrected chi connectivity index (χ1v) is 8.75. The van der Waals surface area contributed by atoms with Crippen LogP contribution in [0.15, 0.2) is 30.3 Å². The standard InChI is InChI=1S/C15H24O3S/c1-3-14(13-9-6-5-7-10-13)15(16)11-8-12-19(17,18)4-2/h5-7,9-10,14-16H,3-4,8,11-12H2,1-2H3. The summed E-state index contributed by atoms with van der Waals surface area (Å²) < 4.78 is 22.8. The Bertz CT molecular complexity index is 454. The van der Waals surface area contributed by atoms with Crippen LogP contribution >= 0.6 is 0 Å². The predicted molar refractivity (Wildman–Crippen MR) is 79.0 cm³/mol. The number of sulfone groups is 1. The van der Waals surface area contributed by atoms with Crippen LogP contribution in [0.3, 0.4) is 0 Å². The molecule has 1 aromatic rings. The third-order valence-corrected chi connectivity index (χ3v) is 5.32. The van der Waals surface area contributed by atoms with Crippen molar-refractivity contribution in [3.63, 3.8) is 0 Å². The van der Waals surface area contributed by atoms with Gasteiger partial charge in [-0.25, -0.2) is 8.42 Å². The van der Waals surface area contributed by atoms with Crippen LogP contribution in [0, 0.1) is 0 Å². The minimum atomic E-state index is -2.92. The highest BCUT2D eigenvalue weighted by molar-refractivity contribution is 7.91. The van der Waals surface area contributed by atoms with Crippen molar-refractivity contribution in [1.82, 2.24) is 0 Å². The maximum Gasteiger partial charge on any atom is 0.150 e. The second-order valence-electron chi connectivity index (χ2n) is 4.87. The molecule has 0 bridgehead atoms. The molecule has 0 aliphatic heterocycles. The van der Waals surface area contributed by atoms with Crippen LogP contribution in [0.4, 0.5) is 0 Å². The Kier molecular flexibility index (Phi) is 6.52. The number of aliphatic hydroxyl groups is 1. The van der Waals surface area contributed by atoms with Crippen LogP contribution < -0.4 is 0 Å². The third kappa shape index (κ3) is 5.33. The van der Waals surface area contributed by atoms with Gasteiger partial charge in [0.15, 0.2) is 0 Å². The van der Waals surface area contributed by atoms with Gasteiger partial charge >= 0.3 is 0 Å². The maximum atomic E-state index is 11.4. The van der Waals surface area contributed by atoms with E-state index in [0.717, 1.165) is 12.0 Å². The monoisotopic (exact) mass is 284 g/mol. The highest BCUT2D eigenvalue weighted by Crippen LogP contribution is 2.25. The summed E-state index contributed by atoms with van der Waals surface area (Å²) in [6, 6.07) is 9.91. The van der Waals surface area contributed by atoms with Crippen LogP contribution in [0.5, 0.6) is 0 Å². The van der Waals surface area contributed by atoms with Gasteiger partial charge in [0.05, 0.1) is 11.9 Å². The first-order valence-electron chi connectivity index (χ1n) is 6.93. The van der Waals surface area contributed by atoms with Crippen molar-refractivity contribution in [2.45, 2.75) is 45.1 Å². The predicted octanol–water partition coefficient (Wildman–Crippen LogP) is 2.76. The third-order valence-electron chi connectivity index (χ3n) is 3.53. The summed E-state index contributed by atoms with van der Waals surface area (Å²) in [5, 5.41) is 10.2. The summed E-state index contributed by atoms with van der Waals surface area (Å²) in [4.78, 5) is 0. The molecule has 0 radical (unpaired) electrons. The van der Waals surface area contributed by atoms with E-state index in [1.807, 2.05) is 37.3 Å². The van der Waals surface area contributed by atoms with Gasteiger partial charge in [0.25, 0.3) is 0 Å². The number of hydrogen-bond donors (Lipinski definition) is 1. The zero-order valence-electron chi connectivity index (χ0n) is 11.7. The fourth-order valence-corrected chi connectivity index (χ4v) is 3.18. The van der Waals surface area contributed by atoms with Crippen LogP contribution in [0.1, 0.15) is 44.6 Å². The van der Waals surface area contributed by atoms with Crippen LogP contribution in [0.25, 0.3) is 0 Å². The minimum absolute atomic E-state index is 0.0885. The molecule has 1 rings (SSSR count). The highest BCUT2D eigenvalue weighted by atomic mass is 32.2. The number of benzene rings is 1. The second-order valence-corrected chi connectivity index (χ2v) is 7.34.